The first kappa shape index (κ1) is 16.5. The van der Waals surface area contributed by atoms with Crippen LogP contribution in [0, 0.1) is 6.92 Å². The number of pyridine rings is 1. The zero-order chi connectivity index (χ0) is 17.4. The van der Waals surface area contributed by atoms with Crippen molar-refractivity contribution in [3.05, 3.63) is 87.4 Å². The molecule has 122 valence electrons. The van der Waals surface area contributed by atoms with E-state index in [4.69, 9.17) is 4.98 Å². The van der Waals surface area contributed by atoms with Gasteiger partial charge in [-0.3, -0.25) is 4.98 Å². The van der Waals surface area contributed by atoms with E-state index in [2.05, 4.69) is 112 Å². The fraction of sp³-hybridized carbons (Fsp3) is 0.0455. The highest BCUT2D eigenvalue weighted by molar-refractivity contribution is 9.10. The lowest BCUT2D eigenvalue weighted by Gasteiger charge is -2.15. The molecule has 1 nitrogen and oxygen atoms in total. The molecule has 0 bridgehead atoms. The average molecular weight is 453 g/mol. The first-order chi connectivity index (χ1) is 12.1. The molecule has 0 saturated carbocycles. The fourth-order valence-corrected chi connectivity index (χ4v) is 3.68. The molecular weight excluding hydrogens is 438 g/mol. The summed E-state index contributed by atoms with van der Waals surface area (Å²) >= 11 is 7.05. The van der Waals surface area contributed by atoms with Crippen molar-refractivity contribution in [1.82, 2.24) is 4.98 Å². The molecule has 4 rings (SSSR count). The van der Waals surface area contributed by atoms with Gasteiger partial charge in [0.25, 0.3) is 0 Å². The molecule has 0 amide bonds. The normalized spacial score (nSPS) is 11.0. The summed E-state index contributed by atoms with van der Waals surface area (Å²) in [6.45, 7) is 2.08. The van der Waals surface area contributed by atoms with Crippen LogP contribution in [0.4, 0.5) is 0 Å². The second kappa shape index (κ2) is 6.74. The van der Waals surface area contributed by atoms with Crippen LogP contribution in [-0.2, 0) is 0 Å². The molecule has 1 aromatic heterocycles. The monoisotopic (exact) mass is 451 g/mol. The highest BCUT2D eigenvalue weighted by atomic mass is 79.9. The predicted octanol–water partition coefficient (Wildman–Crippen LogP) is 7.40. The summed E-state index contributed by atoms with van der Waals surface area (Å²) in [4.78, 5) is 4.97. The number of rotatable bonds is 2. The van der Waals surface area contributed by atoms with Gasteiger partial charge in [0.1, 0.15) is 0 Å². The van der Waals surface area contributed by atoms with Crippen molar-refractivity contribution >= 4 is 42.6 Å². The lowest BCUT2D eigenvalue weighted by atomic mass is 9.93. The second-order valence-electron chi connectivity index (χ2n) is 5.98. The molecule has 0 spiro atoms. The fourth-order valence-electron chi connectivity index (χ4n) is 3.15. The quantitative estimate of drug-likeness (QED) is 0.308. The van der Waals surface area contributed by atoms with E-state index in [9.17, 15) is 0 Å². The second-order valence-corrected chi connectivity index (χ2v) is 7.81. The van der Waals surface area contributed by atoms with Gasteiger partial charge < -0.3 is 0 Å². The lowest BCUT2D eigenvalue weighted by molar-refractivity contribution is 1.24. The maximum absolute atomic E-state index is 4.97. The van der Waals surface area contributed by atoms with Crippen LogP contribution in [0.5, 0.6) is 0 Å². The van der Waals surface area contributed by atoms with Gasteiger partial charge in [0.15, 0.2) is 0 Å². The number of nitrogens with zero attached hydrogens (tertiary/aromatic N) is 1. The number of hydrogen-bond acceptors (Lipinski definition) is 1. The molecule has 0 unspecified atom stereocenters. The average Bonchev–Trinajstić information content (AvgIpc) is 2.63. The molecule has 0 N–H and O–H groups in total. The number of benzene rings is 3. The predicted molar refractivity (Wildman–Crippen MR) is 113 cm³/mol. The lowest BCUT2D eigenvalue weighted by Crippen LogP contribution is -1.95. The summed E-state index contributed by atoms with van der Waals surface area (Å²) in [5.41, 5.74) is 5.54. The van der Waals surface area contributed by atoms with E-state index in [0.717, 1.165) is 25.9 Å². The molecule has 0 aliphatic rings. The largest absolute Gasteiger partial charge is 0.252 e. The van der Waals surface area contributed by atoms with E-state index in [-0.39, 0.29) is 0 Å². The van der Waals surface area contributed by atoms with E-state index in [1.54, 1.807) is 0 Å². The third kappa shape index (κ3) is 3.14. The van der Waals surface area contributed by atoms with Crippen molar-refractivity contribution in [3.63, 3.8) is 0 Å². The number of hydrogen-bond donors (Lipinski definition) is 0. The van der Waals surface area contributed by atoms with E-state index in [0.29, 0.717) is 0 Å². The number of aromatic nitrogens is 1. The minimum Gasteiger partial charge on any atom is -0.252 e. The van der Waals surface area contributed by atoms with Gasteiger partial charge in [-0.2, -0.15) is 0 Å². The van der Waals surface area contributed by atoms with E-state index < -0.39 is 0 Å². The van der Waals surface area contributed by atoms with Crippen molar-refractivity contribution < 1.29 is 0 Å². The van der Waals surface area contributed by atoms with Gasteiger partial charge in [0, 0.05) is 31.2 Å². The van der Waals surface area contributed by atoms with Crippen LogP contribution in [0.1, 0.15) is 5.69 Å². The Morgan fingerprint density at radius 2 is 1.16 bits per heavy atom. The summed E-state index contributed by atoms with van der Waals surface area (Å²) < 4.78 is 2.14. The Morgan fingerprint density at radius 3 is 1.76 bits per heavy atom. The van der Waals surface area contributed by atoms with Crippen LogP contribution in [-0.4, -0.2) is 4.98 Å². The Bertz CT molecular complexity index is 1050. The third-order valence-electron chi connectivity index (χ3n) is 4.35. The summed E-state index contributed by atoms with van der Waals surface area (Å²) in [6.07, 6.45) is 0. The minimum absolute atomic E-state index is 1.02. The number of aryl methyl sites for hydroxylation is 1. The topological polar surface area (TPSA) is 12.9 Å². The Morgan fingerprint density at radius 1 is 0.640 bits per heavy atom. The van der Waals surface area contributed by atoms with Gasteiger partial charge in [0.2, 0.25) is 0 Å². The SMILES string of the molecule is Cc1nc(-c2ccc(Br)cc2)c(-c2ccc(Br)cc2)c2ccccc12. The number of halogens is 2. The van der Waals surface area contributed by atoms with E-state index in [1.807, 2.05) is 0 Å². The summed E-state index contributed by atoms with van der Waals surface area (Å²) in [6, 6.07) is 25.3. The van der Waals surface area contributed by atoms with Gasteiger partial charge in [-0.05, 0) is 42.1 Å². The number of fused-ring (bicyclic) bond motifs is 1. The van der Waals surface area contributed by atoms with Crippen molar-refractivity contribution in [2.75, 3.05) is 0 Å². The Balaban J connectivity index is 2.09. The van der Waals surface area contributed by atoms with Crippen LogP contribution in [0.15, 0.2) is 81.7 Å². The summed E-state index contributed by atoms with van der Waals surface area (Å²) in [7, 11) is 0. The van der Waals surface area contributed by atoms with Crippen LogP contribution in [0.25, 0.3) is 33.2 Å². The van der Waals surface area contributed by atoms with Crippen molar-refractivity contribution in [2.45, 2.75) is 6.92 Å². The maximum Gasteiger partial charge on any atom is 0.0790 e. The summed E-state index contributed by atoms with van der Waals surface area (Å²) in [5, 5.41) is 2.43. The van der Waals surface area contributed by atoms with Gasteiger partial charge >= 0.3 is 0 Å². The molecule has 0 aliphatic heterocycles. The molecule has 1 heterocycles. The highest BCUT2D eigenvalue weighted by Gasteiger charge is 2.15. The van der Waals surface area contributed by atoms with Gasteiger partial charge in [-0.15, -0.1) is 0 Å². The van der Waals surface area contributed by atoms with Gasteiger partial charge in [-0.1, -0.05) is 80.4 Å². The van der Waals surface area contributed by atoms with Crippen molar-refractivity contribution in [2.24, 2.45) is 0 Å². The molecule has 3 aromatic carbocycles. The van der Waals surface area contributed by atoms with Crippen LogP contribution in [0.2, 0.25) is 0 Å². The zero-order valence-corrected chi connectivity index (χ0v) is 16.8. The maximum atomic E-state index is 4.97. The summed E-state index contributed by atoms with van der Waals surface area (Å²) in [5.74, 6) is 0. The van der Waals surface area contributed by atoms with Crippen molar-refractivity contribution in [3.8, 4) is 22.4 Å². The smallest absolute Gasteiger partial charge is 0.0790 e. The van der Waals surface area contributed by atoms with Gasteiger partial charge in [0.05, 0.1) is 5.69 Å². The van der Waals surface area contributed by atoms with Crippen LogP contribution < -0.4 is 0 Å². The third-order valence-corrected chi connectivity index (χ3v) is 5.41. The highest BCUT2D eigenvalue weighted by Crippen LogP contribution is 2.38. The van der Waals surface area contributed by atoms with E-state index >= 15 is 0 Å². The molecule has 3 heteroatoms. The van der Waals surface area contributed by atoms with E-state index in [1.165, 1.54) is 21.9 Å². The molecule has 0 radical (unpaired) electrons. The molecule has 0 aliphatic carbocycles. The molecular formula is C22H15Br2N. The van der Waals surface area contributed by atoms with Crippen molar-refractivity contribution in [1.29, 1.82) is 0 Å². The Labute approximate surface area is 164 Å². The van der Waals surface area contributed by atoms with Crippen LogP contribution in [0.3, 0.4) is 0 Å². The Hall–Kier alpha value is -1.97. The molecule has 0 atom stereocenters. The Kier molecular flexibility index (Phi) is 4.45. The zero-order valence-electron chi connectivity index (χ0n) is 13.6. The molecule has 4 aromatic rings. The first-order valence-electron chi connectivity index (χ1n) is 8.05. The standard InChI is InChI=1S/C22H15Br2N/c1-14-19-4-2-3-5-20(19)21(15-6-10-17(23)11-7-15)22(25-14)16-8-12-18(24)13-9-16/h2-13H,1H3. The van der Waals surface area contributed by atoms with Gasteiger partial charge in [-0.25, -0.2) is 0 Å². The van der Waals surface area contributed by atoms with Crippen LogP contribution >= 0.6 is 31.9 Å². The molecule has 25 heavy (non-hydrogen) atoms. The molecule has 0 saturated heterocycles. The molecule has 0 fully saturated rings. The first-order valence-corrected chi connectivity index (χ1v) is 9.63. The minimum atomic E-state index is 1.02.